The summed E-state index contributed by atoms with van der Waals surface area (Å²) < 4.78 is 0.379. The minimum absolute atomic E-state index is 0.0398. The summed E-state index contributed by atoms with van der Waals surface area (Å²) in [5.74, 6) is -2.09. The van der Waals surface area contributed by atoms with Crippen molar-refractivity contribution in [3.05, 3.63) is 40.3 Å². The van der Waals surface area contributed by atoms with E-state index in [4.69, 9.17) is 12.2 Å². The number of thioether (sulfide) groups is 1. The van der Waals surface area contributed by atoms with Gasteiger partial charge in [-0.15, -0.1) is 0 Å². The topological polar surface area (TPSA) is 89.5 Å². The van der Waals surface area contributed by atoms with E-state index >= 15 is 0 Å². The molecule has 25 heavy (non-hydrogen) atoms. The normalized spacial score (nSPS) is 17.0. The summed E-state index contributed by atoms with van der Waals surface area (Å²) in [7, 11) is 0. The van der Waals surface area contributed by atoms with Crippen LogP contribution >= 0.6 is 24.0 Å². The average Bonchev–Trinajstić information content (AvgIpc) is 2.81. The molecule has 1 heterocycles. The molecule has 0 bridgehead atoms. The number of hydrogen-bond acceptors (Lipinski definition) is 6. The molecule has 0 aromatic heterocycles. The Kier molecular flexibility index (Phi) is 6.33. The van der Waals surface area contributed by atoms with Crippen molar-refractivity contribution in [1.29, 1.82) is 0 Å². The van der Waals surface area contributed by atoms with Crippen LogP contribution in [0.3, 0.4) is 0 Å². The van der Waals surface area contributed by atoms with Crippen LogP contribution in [0.5, 0.6) is 0 Å². The molecular formula is C17H17N2O4S2-. The summed E-state index contributed by atoms with van der Waals surface area (Å²) in [5.41, 5.74) is 2.02. The largest absolute Gasteiger partial charge is 0.548 e. The second kappa shape index (κ2) is 8.26. The van der Waals surface area contributed by atoms with Gasteiger partial charge < -0.3 is 15.2 Å². The summed E-state index contributed by atoms with van der Waals surface area (Å²) in [4.78, 5) is 36.6. The highest BCUT2D eigenvalue weighted by molar-refractivity contribution is 8.26. The monoisotopic (exact) mass is 377 g/mol. The van der Waals surface area contributed by atoms with Crippen LogP contribution in [0, 0.1) is 6.92 Å². The van der Waals surface area contributed by atoms with E-state index in [1.807, 2.05) is 31.2 Å². The zero-order valence-corrected chi connectivity index (χ0v) is 15.4. The van der Waals surface area contributed by atoms with E-state index in [-0.39, 0.29) is 18.9 Å². The Balaban J connectivity index is 1.98. The fourth-order valence-corrected chi connectivity index (χ4v) is 3.40. The van der Waals surface area contributed by atoms with Gasteiger partial charge in [-0.25, -0.2) is 0 Å². The Morgan fingerprint density at radius 3 is 2.60 bits per heavy atom. The van der Waals surface area contributed by atoms with Crippen molar-refractivity contribution in [3.63, 3.8) is 0 Å². The number of carboxylic acids is 1. The maximum atomic E-state index is 12.4. The van der Waals surface area contributed by atoms with Crippen LogP contribution < -0.4 is 10.4 Å². The molecule has 1 fully saturated rings. The fraction of sp³-hybridized carbons (Fsp3) is 0.294. The van der Waals surface area contributed by atoms with Crippen molar-refractivity contribution in [2.45, 2.75) is 26.3 Å². The molecule has 1 N–H and O–H groups in total. The molecule has 1 aliphatic rings. The number of carbonyl (C=O) groups is 3. The van der Waals surface area contributed by atoms with Gasteiger partial charge in [0.05, 0.1) is 16.9 Å². The number of aliphatic carboxylic acids is 1. The third-order valence-corrected chi connectivity index (χ3v) is 4.92. The molecule has 1 aliphatic heterocycles. The summed E-state index contributed by atoms with van der Waals surface area (Å²) in [6, 6.07) is 6.65. The van der Waals surface area contributed by atoms with Gasteiger partial charge >= 0.3 is 0 Å². The Bertz CT molecular complexity index is 744. The zero-order chi connectivity index (χ0) is 18.6. The van der Waals surface area contributed by atoms with Gasteiger partial charge in [0, 0.05) is 13.0 Å². The first-order valence-corrected chi connectivity index (χ1v) is 8.82. The molecule has 1 aromatic carbocycles. The molecule has 1 aromatic rings. The van der Waals surface area contributed by atoms with E-state index in [1.54, 1.807) is 6.08 Å². The van der Waals surface area contributed by atoms with Crippen molar-refractivity contribution >= 4 is 52.2 Å². The van der Waals surface area contributed by atoms with E-state index in [9.17, 15) is 19.5 Å². The van der Waals surface area contributed by atoms with Crippen molar-refractivity contribution in [1.82, 2.24) is 10.2 Å². The molecule has 0 unspecified atom stereocenters. The van der Waals surface area contributed by atoms with Crippen molar-refractivity contribution in [2.24, 2.45) is 0 Å². The van der Waals surface area contributed by atoms with Crippen LogP contribution in [-0.2, 0) is 14.4 Å². The van der Waals surface area contributed by atoms with E-state index < -0.39 is 17.9 Å². The number of hydrogen-bond donors (Lipinski definition) is 1. The SMILES string of the molecule is Cc1ccc(/C=C2/SC(=S)N(CCC(=O)N[C@H](C)C(=O)[O-])C2=O)cc1. The number of thiocarbonyl (C=S) groups is 1. The lowest BCUT2D eigenvalue weighted by Gasteiger charge is -2.17. The van der Waals surface area contributed by atoms with Crippen LogP contribution in [0.1, 0.15) is 24.5 Å². The zero-order valence-electron chi connectivity index (χ0n) is 13.8. The molecule has 6 nitrogen and oxygen atoms in total. The maximum Gasteiger partial charge on any atom is 0.266 e. The minimum Gasteiger partial charge on any atom is -0.548 e. The Labute approximate surface area is 155 Å². The lowest BCUT2D eigenvalue weighted by molar-refractivity contribution is -0.307. The van der Waals surface area contributed by atoms with Gasteiger partial charge in [0.1, 0.15) is 4.32 Å². The van der Waals surface area contributed by atoms with Crippen molar-refractivity contribution < 1.29 is 19.5 Å². The van der Waals surface area contributed by atoms with E-state index in [1.165, 1.54) is 23.6 Å². The van der Waals surface area contributed by atoms with Crippen LogP contribution in [0.15, 0.2) is 29.2 Å². The van der Waals surface area contributed by atoms with Crippen LogP contribution in [-0.4, -0.2) is 39.6 Å². The number of rotatable bonds is 6. The number of nitrogens with zero attached hydrogens (tertiary/aromatic N) is 1. The second-order valence-electron chi connectivity index (χ2n) is 5.60. The molecule has 0 radical (unpaired) electrons. The first kappa shape index (κ1) is 19.1. The summed E-state index contributed by atoms with van der Waals surface area (Å²) in [6.45, 7) is 3.40. The van der Waals surface area contributed by atoms with Crippen LogP contribution in [0.4, 0.5) is 0 Å². The predicted molar refractivity (Wildman–Crippen MR) is 98.3 cm³/mol. The van der Waals surface area contributed by atoms with Crippen LogP contribution in [0.25, 0.3) is 6.08 Å². The minimum atomic E-state index is -1.36. The molecular weight excluding hydrogens is 360 g/mol. The molecule has 1 saturated heterocycles. The van der Waals surface area contributed by atoms with Crippen molar-refractivity contribution in [2.75, 3.05) is 6.54 Å². The quantitative estimate of drug-likeness (QED) is 0.584. The van der Waals surface area contributed by atoms with Gasteiger partial charge in [0.2, 0.25) is 5.91 Å². The van der Waals surface area contributed by atoms with Gasteiger partial charge in [0.25, 0.3) is 5.91 Å². The third kappa shape index (κ3) is 5.14. The van der Waals surface area contributed by atoms with Gasteiger partial charge in [-0.3, -0.25) is 14.5 Å². The van der Waals surface area contributed by atoms with Crippen molar-refractivity contribution in [3.8, 4) is 0 Å². The first-order chi connectivity index (χ1) is 11.8. The lowest BCUT2D eigenvalue weighted by Crippen LogP contribution is -2.46. The Morgan fingerprint density at radius 2 is 2.00 bits per heavy atom. The van der Waals surface area contributed by atoms with Crippen LogP contribution in [0.2, 0.25) is 0 Å². The molecule has 2 amide bonds. The summed E-state index contributed by atoms with van der Waals surface area (Å²) in [5, 5.41) is 12.9. The standard InChI is InChI=1S/C17H18N2O4S2/c1-10-3-5-12(6-4-10)9-13-15(21)19(17(24)25-13)8-7-14(20)18-11(2)16(22)23/h3-6,9,11H,7-8H2,1-2H3,(H,18,20)(H,22,23)/p-1/b13-9+/t11-/m1/s1. The summed E-state index contributed by atoms with van der Waals surface area (Å²) in [6.07, 6.45) is 1.72. The van der Waals surface area contributed by atoms with Gasteiger partial charge in [-0.1, -0.05) is 53.8 Å². The van der Waals surface area contributed by atoms with Gasteiger partial charge in [0.15, 0.2) is 0 Å². The van der Waals surface area contributed by atoms with Gasteiger partial charge in [-0.2, -0.15) is 0 Å². The van der Waals surface area contributed by atoms with E-state index in [2.05, 4.69) is 5.32 Å². The number of amides is 2. The number of carbonyl (C=O) groups excluding carboxylic acids is 3. The predicted octanol–water partition coefficient (Wildman–Crippen LogP) is 0.841. The molecule has 2 rings (SSSR count). The smallest absolute Gasteiger partial charge is 0.266 e. The third-order valence-electron chi connectivity index (χ3n) is 3.54. The Morgan fingerprint density at radius 1 is 1.36 bits per heavy atom. The number of aryl methyl sites for hydroxylation is 1. The fourth-order valence-electron chi connectivity index (χ4n) is 2.09. The maximum absolute atomic E-state index is 12.4. The second-order valence-corrected chi connectivity index (χ2v) is 7.28. The molecule has 132 valence electrons. The number of carboxylic acid groups (broad SMARTS) is 1. The molecule has 1 atom stereocenters. The van der Waals surface area contributed by atoms with E-state index in [0.29, 0.717) is 9.23 Å². The highest BCUT2D eigenvalue weighted by Gasteiger charge is 2.32. The van der Waals surface area contributed by atoms with E-state index in [0.717, 1.165) is 11.1 Å². The summed E-state index contributed by atoms with van der Waals surface area (Å²) >= 11 is 6.39. The molecule has 8 heteroatoms. The van der Waals surface area contributed by atoms with Gasteiger partial charge in [-0.05, 0) is 25.5 Å². The first-order valence-electron chi connectivity index (χ1n) is 7.60. The number of nitrogens with one attached hydrogen (secondary N) is 1. The molecule has 0 spiro atoms. The average molecular weight is 377 g/mol. The highest BCUT2D eigenvalue weighted by Crippen LogP contribution is 2.32. The molecule has 0 aliphatic carbocycles. The highest BCUT2D eigenvalue weighted by atomic mass is 32.2. The molecule has 0 saturated carbocycles. The Hall–Kier alpha value is -2.19. The lowest BCUT2D eigenvalue weighted by atomic mass is 10.1. The number of benzene rings is 1.